The summed E-state index contributed by atoms with van der Waals surface area (Å²) in [7, 11) is 0. The highest BCUT2D eigenvalue weighted by Gasteiger charge is 2.34. The minimum atomic E-state index is -1.08. The normalized spacial score (nSPS) is 16.4. The molecule has 0 fully saturated rings. The highest BCUT2D eigenvalue weighted by atomic mass is 16.4. The van der Waals surface area contributed by atoms with E-state index in [2.05, 4.69) is 0 Å². The fraction of sp³-hybridized carbons (Fsp3) is 0.714. The Kier molecular flexibility index (Phi) is 26.7. The molecule has 10 nitrogen and oxygen atoms in total. The van der Waals surface area contributed by atoms with E-state index in [1.165, 1.54) is 25.2 Å². The minimum Gasteiger partial charge on any atom is -0.481 e. The van der Waals surface area contributed by atoms with Crippen LogP contribution in [0.15, 0.2) is 23.8 Å². The molecule has 0 saturated carbocycles. The fourth-order valence-electron chi connectivity index (χ4n) is 1.98. The van der Waals surface area contributed by atoms with Crippen molar-refractivity contribution in [2.75, 3.05) is 39.6 Å². The Morgan fingerprint density at radius 1 is 0.742 bits per heavy atom. The molecule has 0 saturated heterocycles. The summed E-state index contributed by atoms with van der Waals surface area (Å²) in [5.74, 6) is -2.06. The molecule has 0 aromatic heterocycles. The summed E-state index contributed by atoms with van der Waals surface area (Å²) in [4.78, 5) is 21.3. The third-order valence-electron chi connectivity index (χ3n) is 3.81. The van der Waals surface area contributed by atoms with Gasteiger partial charge in [0.05, 0.1) is 18.6 Å². The molecule has 0 aromatic rings. The van der Waals surface area contributed by atoms with E-state index in [1.54, 1.807) is 0 Å². The highest BCUT2D eigenvalue weighted by Crippen LogP contribution is 2.31. The van der Waals surface area contributed by atoms with Gasteiger partial charge in [-0.3, -0.25) is 4.79 Å². The first-order chi connectivity index (χ1) is 14.7. The van der Waals surface area contributed by atoms with Gasteiger partial charge >= 0.3 is 11.9 Å². The predicted octanol–water partition coefficient (Wildman–Crippen LogP) is 0.302. The van der Waals surface area contributed by atoms with Crippen LogP contribution >= 0.6 is 0 Å². The number of hydrogen-bond acceptors (Lipinski definition) is 8. The number of carbonyl (C=O) groups is 2. The third kappa shape index (κ3) is 22.7. The summed E-state index contributed by atoms with van der Waals surface area (Å²) in [6.45, 7) is 2.21. The molecule has 31 heavy (non-hydrogen) atoms. The number of unbranched alkanes of at least 4 members (excludes halogenated alkanes) is 4. The number of aliphatic hydroxyl groups is 6. The number of rotatable bonds is 11. The molecule has 0 amide bonds. The maximum Gasteiger partial charge on any atom is 0.331 e. The van der Waals surface area contributed by atoms with Gasteiger partial charge < -0.3 is 40.9 Å². The molecule has 0 bridgehead atoms. The van der Waals surface area contributed by atoms with Gasteiger partial charge in [-0.2, -0.15) is 0 Å². The molecule has 184 valence electrons. The molecule has 10 heteroatoms. The molecular weight excluding hydrogens is 412 g/mol. The van der Waals surface area contributed by atoms with Crippen LogP contribution in [-0.4, -0.2) is 92.4 Å². The van der Waals surface area contributed by atoms with Crippen LogP contribution in [0.5, 0.6) is 0 Å². The third-order valence-corrected chi connectivity index (χ3v) is 3.81. The lowest BCUT2D eigenvalue weighted by Gasteiger charge is -2.23. The number of aliphatic carboxylic acids is 2. The van der Waals surface area contributed by atoms with Gasteiger partial charge in [-0.15, -0.1) is 0 Å². The molecule has 1 aliphatic rings. The Morgan fingerprint density at radius 3 is 1.42 bits per heavy atom. The van der Waals surface area contributed by atoms with Crippen LogP contribution < -0.4 is 0 Å². The van der Waals surface area contributed by atoms with E-state index < -0.39 is 17.4 Å². The van der Waals surface area contributed by atoms with Crippen LogP contribution in [0.3, 0.4) is 0 Å². The zero-order valence-electron chi connectivity index (χ0n) is 18.3. The second-order valence-electron chi connectivity index (χ2n) is 6.72. The number of carboxylic acids is 2. The largest absolute Gasteiger partial charge is 0.481 e. The zero-order valence-corrected chi connectivity index (χ0v) is 18.3. The number of carboxylic acid groups (broad SMARTS) is 2. The molecule has 0 aromatic carbocycles. The van der Waals surface area contributed by atoms with Crippen molar-refractivity contribution in [1.82, 2.24) is 0 Å². The first-order valence-corrected chi connectivity index (χ1v) is 10.2. The Labute approximate surface area is 183 Å². The molecule has 0 aliphatic heterocycles. The zero-order chi connectivity index (χ0) is 24.5. The minimum absolute atomic E-state index is 0.0359. The van der Waals surface area contributed by atoms with E-state index >= 15 is 0 Å². The van der Waals surface area contributed by atoms with Crippen molar-refractivity contribution in [3.05, 3.63) is 23.8 Å². The summed E-state index contributed by atoms with van der Waals surface area (Å²) in [5, 5.41) is 65.5. The Morgan fingerprint density at radius 2 is 1.13 bits per heavy atom. The molecule has 8 N–H and O–H groups in total. The summed E-state index contributed by atoms with van der Waals surface area (Å²) < 4.78 is 0. The standard InChI is InChI=1S/C9H10O4.C6H14O2.C4H10O2.C2H6O2/c1-9(8(12)13)4-2-3-6(5-9)7(10)11;7-5-3-1-2-4-6-8;5-3-1-2-4-6;3-1-2-4/h2-4H,5H2,1H3,(H,10,11)(H,12,13);7-8H,1-6H2;5-6H,1-4H2;3-4H,1-2H2. The summed E-state index contributed by atoms with van der Waals surface area (Å²) >= 11 is 0. The fourth-order valence-corrected chi connectivity index (χ4v) is 1.98. The van der Waals surface area contributed by atoms with E-state index in [9.17, 15) is 9.59 Å². The van der Waals surface area contributed by atoms with Gasteiger partial charge in [0.15, 0.2) is 0 Å². The lowest BCUT2D eigenvalue weighted by molar-refractivity contribution is -0.145. The van der Waals surface area contributed by atoms with Crippen molar-refractivity contribution in [1.29, 1.82) is 0 Å². The van der Waals surface area contributed by atoms with E-state index in [-0.39, 0.29) is 51.6 Å². The van der Waals surface area contributed by atoms with Crippen molar-refractivity contribution >= 4 is 11.9 Å². The average Bonchev–Trinajstić information content (AvgIpc) is 2.76. The summed E-state index contributed by atoms with van der Waals surface area (Å²) in [6, 6.07) is 0. The second-order valence-corrected chi connectivity index (χ2v) is 6.72. The quantitative estimate of drug-likeness (QED) is 0.202. The Bertz CT molecular complexity index is 479. The van der Waals surface area contributed by atoms with Crippen molar-refractivity contribution in [3.8, 4) is 0 Å². The lowest BCUT2D eigenvalue weighted by Crippen LogP contribution is -2.28. The first kappa shape index (κ1) is 33.8. The van der Waals surface area contributed by atoms with Gasteiger partial charge in [-0.1, -0.05) is 31.1 Å². The van der Waals surface area contributed by atoms with E-state index in [0.29, 0.717) is 0 Å². The van der Waals surface area contributed by atoms with Crippen LogP contribution in [0.1, 0.15) is 51.9 Å². The molecule has 0 radical (unpaired) electrons. The molecule has 0 spiro atoms. The van der Waals surface area contributed by atoms with Crippen molar-refractivity contribution in [2.45, 2.75) is 51.9 Å². The number of allylic oxidation sites excluding steroid dienone is 2. The molecule has 0 heterocycles. The van der Waals surface area contributed by atoms with Gasteiger partial charge in [0.2, 0.25) is 0 Å². The van der Waals surface area contributed by atoms with E-state index in [0.717, 1.165) is 38.5 Å². The molecule has 1 atom stereocenters. The smallest absolute Gasteiger partial charge is 0.331 e. The lowest BCUT2D eigenvalue weighted by atomic mass is 9.80. The van der Waals surface area contributed by atoms with Crippen LogP contribution in [-0.2, 0) is 9.59 Å². The topological polar surface area (TPSA) is 196 Å². The Balaban J connectivity index is -0.000000375. The van der Waals surface area contributed by atoms with Gasteiger partial charge in [0.1, 0.15) is 0 Å². The van der Waals surface area contributed by atoms with Crippen molar-refractivity contribution < 1.29 is 50.4 Å². The van der Waals surface area contributed by atoms with Gasteiger partial charge in [-0.05, 0) is 39.0 Å². The van der Waals surface area contributed by atoms with E-state index in [1.807, 2.05) is 0 Å². The summed E-state index contributed by atoms with van der Waals surface area (Å²) in [5.41, 5.74) is -0.949. The monoisotopic (exact) mass is 452 g/mol. The van der Waals surface area contributed by atoms with Crippen molar-refractivity contribution in [3.63, 3.8) is 0 Å². The van der Waals surface area contributed by atoms with E-state index in [4.69, 9.17) is 40.9 Å². The maximum atomic E-state index is 10.8. The number of hydrogen-bond donors (Lipinski definition) is 8. The van der Waals surface area contributed by atoms with Crippen molar-refractivity contribution in [2.24, 2.45) is 5.41 Å². The van der Waals surface area contributed by atoms with Gasteiger partial charge in [0.25, 0.3) is 0 Å². The molecule has 1 aliphatic carbocycles. The van der Waals surface area contributed by atoms with Crippen LogP contribution in [0.2, 0.25) is 0 Å². The van der Waals surface area contributed by atoms with Gasteiger partial charge in [-0.25, -0.2) is 4.79 Å². The molecule has 1 unspecified atom stereocenters. The average molecular weight is 453 g/mol. The summed E-state index contributed by atoms with van der Waals surface area (Å²) in [6.07, 6.45) is 9.70. The first-order valence-electron chi connectivity index (χ1n) is 10.2. The molecule has 1 rings (SSSR count). The maximum absolute atomic E-state index is 10.8. The second kappa shape index (κ2) is 24.4. The highest BCUT2D eigenvalue weighted by molar-refractivity contribution is 5.90. The van der Waals surface area contributed by atoms with Gasteiger partial charge in [0, 0.05) is 32.0 Å². The SMILES string of the molecule is CC1(C(=O)O)C=CC=C(C(=O)O)C1.OCCCCCCO.OCCCCO.OCCO. The van der Waals surface area contributed by atoms with Crippen LogP contribution in [0, 0.1) is 5.41 Å². The predicted molar refractivity (Wildman–Crippen MR) is 115 cm³/mol. The number of aliphatic hydroxyl groups excluding tert-OH is 6. The molecular formula is C21H40O10. The van der Waals surface area contributed by atoms with Crippen LogP contribution in [0.4, 0.5) is 0 Å². The Hall–Kier alpha value is -1.82. The van der Waals surface area contributed by atoms with Crippen LogP contribution in [0.25, 0.3) is 0 Å².